The molecule has 32 heavy (non-hydrogen) atoms. The second-order valence-electron chi connectivity index (χ2n) is 7.99. The lowest BCUT2D eigenvalue weighted by atomic mass is 9.95. The normalized spacial score (nSPS) is 12.8. The zero-order valence-corrected chi connectivity index (χ0v) is 18.1. The Bertz CT molecular complexity index is 1090. The monoisotopic (exact) mass is 438 g/mol. The lowest BCUT2D eigenvalue weighted by molar-refractivity contribution is -0.131. The maximum atomic E-state index is 13.6. The first-order valence-corrected chi connectivity index (χ1v) is 10.5. The summed E-state index contributed by atoms with van der Waals surface area (Å²) in [5.74, 6) is -1.87. The second-order valence-corrected chi connectivity index (χ2v) is 7.99. The SMILES string of the molecule is CC(C)c1nn(-c2ccccc2)c(-c2ccc(F)cc2)c1CCC(O)CC(O)=CC(=O)O. The minimum Gasteiger partial charge on any atom is -0.512 e. The van der Waals surface area contributed by atoms with Gasteiger partial charge in [0.2, 0.25) is 0 Å². The Morgan fingerprint density at radius 3 is 2.34 bits per heavy atom. The molecule has 0 amide bonds. The molecule has 168 valence electrons. The Morgan fingerprint density at radius 1 is 1.09 bits per heavy atom. The van der Waals surface area contributed by atoms with Crippen LogP contribution in [-0.4, -0.2) is 37.2 Å². The molecule has 1 unspecified atom stereocenters. The van der Waals surface area contributed by atoms with Crippen LogP contribution in [0.25, 0.3) is 16.9 Å². The smallest absolute Gasteiger partial charge is 0.331 e. The predicted octanol–water partition coefficient (Wildman–Crippen LogP) is 5.01. The third-order valence-corrected chi connectivity index (χ3v) is 5.14. The lowest BCUT2D eigenvalue weighted by Gasteiger charge is -2.13. The van der Waals surface area contributed by atoms with Gasteiger partial charge in [-0.25, -0.2) is 13.9 Å². The molecule has 0 bridgehead atoms. The fraction of sp³-hybridized carbons (Fsp3) is 0.280. The maximum Gasteiger partial charge on any atom is 0.331 e. The van der Waals surface area contributed by atoms with Crippen molar-refractivity contribution in [3.8, 4) is 16.9 Å². The number of rotatable bonds is 9. The summed E-state index contributed by atoms with van der Waals surface area (Å²) in [6, 6.07) is 15.9. The van der Waals surface area contributed by atoms with E-state index in [1.165, 1.54) is 12.1 Å². The molecule has 6 nitrogen and oxygen atoms in total. The molecule has 0 radical (unpaired) electrons. The van der Waals surface area contributed by atoms with E-state index in [2.05, 4.69) is 0 Å². The van der Waals surface area contributed by atoms with Crippen LogP contribution in [0.2, 0.25) is 0 Å². The standard InChI is InChI=1S/C25H27FN2O4/c1-16(2)24-22(13-12-20(29)14-21(30)15-23(31)32)25(17-8-10-18(26)11-9-17)28(27-24)19-6-4-3-5-7-19/h3-11,15-16,20,29-30H,12-14H2,1-2H3,(H,31,32). The molecule has 1 aromatic heterocycles. The molecule has 3 rings (SSSR count). The van der Waals surface area contributed by atoms with Gasteiger partial charge in [-0.3, -0.25) is 0 Å². The molecule has 1 atom stereocenters. The van der Waals surface area contributed by atoms with Crippen molar-refractivity contribution in [2.24, 2.45) is 0 Å². The molecule has 2 aromatic carbocycles. The Hall–Kier alpha value is -3.45. The number of benzene rings is 2. The largest absolute Gasteiger partial charge is 0.512 e. The number of hydrogen-bond donors (Lipinski definition) is 3. The number of halogens is 1. The minimum atomic E-state index is -1.26. The fourth-order valence-electron chi connectivity index (χ4n) is 3.69. The first-order chi connectivity index (χ1) is 15.3. The number of aliphatic carboxylic acids is 1. The van der Waals surface area contributed by atoms with Gasteiger partial charge in [0.15, 0.2) is 0 Å². The zero-order chi connectivity index (χ0) is 23.3. The summed E-state index contributed by atoms with van der Waals surface area (Å²) in [5, 5.41) is 33.7. The maximum absolute atomic E-state index is 13.6. The number of carboxylic acids is 1. The number of hydrogen-bond acceptors (Lipinski definition) is 4. The van der Waals surface area contributed by atoms with E-state index in [0.29, 0.717) is 18.9 Å². The van der Waals surface area contributed by atoms with Crippen molar-refractivity contribution >= 4 is 5.97 Å². The van der Waals surface area contributed by atoms with Crippen molar-refractivity contribution in [1.82, 2.24) is 9.78 Å². The van der Waals surface area contributed by atoms with Crippen LogP contribution in [0.4, 0.5) is 4.39 Å². The molecule has 0 fully saturated rings. The summed E-state index contributed by atoms with van der Waals surface area (Å²) in [6.07, 6.45) is 0.356. The predicted molar refractivity (Wildman–Crippen MR) is 120 cm³/mol. The molecule has 0 saturated carbocycles. The van der Waals surface area contributed by atoms with Crippen molar-refractivity contribution in [3.63, 3.8) is 0 Å². The lowest BCUT2D eigenvalue weighted by Crippen LogP contribution is -2.11. The van der Waals surface area contributed by atoms with E-state index in [9.17, 15) is 19.4 Å². The second kappa shape index (κ2) is 10.2. The number of nitrogens with zero attached hydrogens (tertiary/aromatic N) is 2. The van der Waals surface area contributed by atoms with Crippen molar-refractivity contribution in [2.45, 2.75) is 45.1 Å². The third kappa shape index (κ3) is 5.62. The van der Waals surface area contributed by atoms with Crippen LogP contribution in [0.5, 0.6) is 0 Å². The van der Waals surface area contributed by atoms with Crippen LogP contribution < -0.4 is 0 Å². The molecule has 7 heteroatoms. The Balaban J connectivity index is 2.02. The average Bonchev–Trinajstić information content (AvgIpc) is 3.12. The van der Waals surface area contributed by atoms with E-state index in [1.807, 2.05) is 48.9 Å². The quantitative estimate of drug-likeness (QED) is 0.322. The van der Waals surface area contributed by atoms with Crippen LogP contribution in [-0.2, 0) is 11.2 Å². The van der Waals surface area contributed by atoms with Crippen molar-refractivity contribution in [3.05, 3.63) is 83.5 Å². The summed E-state index contributed by atoms with van der Waals surface area (Å²) in [4.78, 5) is 10.7. The van der Waals surface area contributed by atoms with Crippen molar-refractivity contribution < 1.29 is 24.5 Å². The van der Waals surface area contributed by atoms with Gasteiger partial charge < -0.3 is 15.3 Å². The van der Waals surface area contributed by atoms with Gasteiger partial charge in [0.05, 0.1) is 29.3 Å². The average molecular weight is 438 g/mol. The van der Waals surface area contributed by atoms with E-state index in [1.54, 1.807) is 12.1 Å². The van der Waals surface area contributed by atoms with Gasteiger partial charge in [0.1, 0.15) is 11.6 Å². The number of aromatic nitrogens is 2. The highest BCUT2D eigenvalue weighted by Crippen LogP contribution is 2.34. The molecular weight excluding hydrogens is 411 g/mol. The first-order valence-electron chi connectivity index (χ1n) is 10.5. The molecule has 3 N–H and O–H groups in total. The number of aliphatic hydroxyl groups is 2. The van der Waals surface area contributed by atoms with Crippen LogP contribution in [0.15, 0.2) is 66.4 Å². The summed E-state index contributed by atoms with van der Waals surface area (Å²) in [5.41, 5.74) is 4.27. The highest BCUT2D eigenvalue weighted by atomic mass is 19.1. The van der Waals surface area contributed by atoms with Crippen molar-refractivity contribution in [2.75, 3.05) is 0 Å². The fourth-order valence-corrected chi connectivity index (χ4v) is 3.69. The van der Waals surface area contributed by atoms with E-state index >= 15 is 0 Å². The minimum absolute atomic E-state index is 0.103. The third-order valence-electron chi connectivity index (χ3n) is 5.14. The summed E-state index contributed by atoms with van der Waals surface area (Å²) in [7, 11) is 0. The van der Waals surface area contributed by atoms with Gasteiger partial charge in [-0.2, -0.15) is 5.10 Å². The van der Waals surface area contributed by atoms with Crippen LogP contribution in [0, 0.1) is 5.82 Å². The molecule has 3 aromatic rings. The van der Waals surface area contributed by atoms with Gasteiger partial charge in [-0.05, 0) is 55.2 Å². The van der Waals surface area contributed by atoms with Gasteiger partial charge in [0.25, 0.3) is 0 Å². The highest BCUT2D eigenvalue weighted by molar-refractivity contribution is 5.80. The summed E-state index contributed by atoms with van der Waals surface area (Å²) >= 11 is 0. The first kappa shape index (κ1) is 23.2. The molecular formula is C25H27FN2O4. The number of aliphatic hydroxyl groups excluding tert-OH is 2. The Labute approximate surface area is 186 Å². The van der Waals surface area contributed by atoms with E-state index < -0.39 is 12.1 Å². The van der Waals surface area contributed by atoms with Crippen LogP contribution in [0.3, 0.4) is 0 Å². The number of para-hydroxylation sites is 1. The zero-order valence-electron chi connectivity index (χ0n) is 18.1. The number of carbonyl (C=O) groups is 1. The van der Waals surface area contributed by atoms with Gasteiger partial charge in [0, 0.05) is 17.5 Å². The number of carboxylic acid groups (broad SMARTS) is 1. The Morgan fingerprint density at radius 2 is 1.75 bits per heavy atom. The van der Waals surface area contributed by atoms with Crippen LogP contribution >= 0.6 is 0 Å². The van der Waals surface area contributed by atoms with Crippen LogP contribution in [0.1, 0.15) is 43.9 Å². The van der Waals surface area contributed by atoms with Gasteiger partial charge >= 0.3 is 5.97 Å². The molecule has 1 heterocycles. The van der Waals surface area contributed by atoms with E-state index in [-0.39, 0.29) is 23.9 Å². The van der Waals surface area contributed by atoms with Gasteiger partial charge in [-0.1, -0.05) is 32.0 Å². The van der Waals surface area contributed by atoms with E-state index in [0.717, 1.165) is 28.2 Å². The Kier molecular flexibility index (Phi) is 7.43. The molecule has 0 saturated heterocycles. The molecule has 0 spiro atoms. The van der Waals surface area contributed by atoms with E-state index in [4.69, 9.17) is 10.2 Å². The molecule has 0 aliphatic heterocycles. The highest BCUT2D eigenvalue weighted by Gasteiger charge is 2.23. The van der Waals surface area contributed by atoms with Crippen molar-refractivity contribution in [1.29, 1.82) is 0 Å². The topological polar surface area (TPSA) is 95.6 Å². The molecule has 0 aliphatic rings. The molecule has 0 aliphatic carbocycles. The summed E-state index contributed by atoms with van der Waals surface area (Å²) in [6.45, 7) is 4.07. The summed E-state index contributed by atoms with van der Waals surface area (Å²) < 4.78 is 15.4. The van der Waals surface area contributed by atoms with Gasteiger partial charge in [-0.15, -0.1) is 0 Å².